The zero-order chi connectivity index (χ0) is 14.9. The normalized spacial score (nSPS) is 15.4. The molecule has 1 aromatic carbocycles. The Balaban J connectivity index is 1.82. The molecule has 3 rings (SSSR count). The van der Waals surface area contributed by atoms with E-state index in [1.807, 2.05) is 0 Å². The number of hydrogen-bond donors (Lipinski definition) is 2. The minimum Gasteiger partial charge on any atom is -0.312 e. The summed E-state index contributed by atoms with van der Waals surface area (Å²) in [5.41, 5.74) is 0.720. The minimum atomic E-state index is -3.66. The van der Waals surface area contributed by atoms with Crippen LogP contribution in [0.5, 0.6) is 0 Å². The zero-order valence-electron chi connectivity index (χ0n) is 11.1. The van der Waals surface area contributed by atoms with Gasteiger partial charge in [0.25, 0.3) is 10.0 Å². The number of aromatic amines is 1. The van der Waals surface area contributed by atoms with Gasteiger partial charge in [-0.25, -0.2) is 8.42 Å². The van der Waals surface area contributed by atoms with E-state index in [1.54, 1.807) is 17.0 Å². The molecule has 8 heteroatoms. The Morgan fingerprint density at radius 3 is 2.52 bits per heavy atom. The van der Waals surface area contributed by atoms with Crippen LogP contribution in [0.2, 0.25) is 0 Å². The minimum absolute atomic E-state index is 0.0705. The van der Waals surface area contributed by atoms with Crippen molar-refractivity contribution in [1.29, 1.82) is 0 Å². The summed E-state index contributed by atoms with van der Waals surface area (Å²) in [4.78, 5) is 13.4. The number of carbonyl (C=O) groups is 1. The van der Waals surface area contributed by atoms with Crippen molar-refractivity contribution in [3.63, 3.8) is 0 Å². The highest BCUT2D eigenvalue weighted by molar-refractivity contribution is 7.92. The Hall–Kier alpha value is -2.35. The van der Waals surface area contributed by atoms with Gasteiger partial charge in [0.15, 0.2) is 0 Å². The van der Waals surface area contributed by atoms with Crippen molar-refractivity contribution in [1.82, 2.24) is 10.2 Å². The Kier molecular flexibility index (Phi) is 3.38. The van der Waals surface area contributed by atoms with Crippen LogP contribution in [0, 0.1) is 0 Å². The van der Waals surface area contributed by atoms with Gasteiger partial charge in [-0.2, -0.15) is 5.10 Å². The molecule has 0 spiro atoms. The zero-order valence-corrected chi connectivity index (χ0v) is 11.9. The first-order valence-corrected chi connectivity index (χ1v) is 7.97. The van der Waals surface area contributed by atoms with Crippen LogP contribution >= 0.6 is 0 Å². The van der Waals surface area contributed by atoms with E-state index in [4.69, 9.17) is 0 Å². The summed E-state index contributed by atoms with van der Waals surface area (Å²) >= 11 is 0. The SMILES string of the molecule is O=C1CCCN1c1ccc(S(=O)(=O)Nc2ccn[nH]2)cc1. The van der Waals surface area contributed by atoms with E-state index in [1.165, 1.54) is 24.4 Å². The van der Waals surface area contributed by atoms with Gasteiger partial charge in [-0.1, -0.05) is 0 Å². The number of amides is 1. The highest BCUT2D eigenvalue weighted by Gasteiger charge is 2.22. The van der Waals surface area contributed by atoms with Gasteiger partial charge in [0.2, 0.25) is 5.91 Å². The predicted molar refractivity (Wildman–Crippen MR) is 77.4 cm³/mol. The molecule has 110 valence electrons. The fraction of sp³-hybridized carbons (Fsp3) is 0.231. The summed E-state index contributed by atoms with van der Waals surface area (Å²) in [6, 6.07) is 7.78. The Bertz CT molecular complexity index is 738. The number of nitrogens with zero attached hydrogens (tertiary/aromatic N) is 2. The van der Waals surface area contributed by atoms with Crippen LogP contribution < -0.4 is 9.62 Å². The van der Waals surface area contributed by atoms with Crippen molar-refractivity contribution in [2.24, 2.45) is 0 Å². The van der Waals surface area contributed by atoms with Gasteiger partial charge in [0, 0.05) is 24.7 Å². The summed E-state index contributed by atoms with van der Waals surface area (Å²) in [6.07, 6.45) is 2.83. The molecule has 0 saturated carbocycles. The van der Waals surface area contributed by atoms with Crippen LogP contribution in [0.15, 0.2) is 41.4 Å². The Labute approximate surface area is 122 Å². The van der Waals surface area contributed by atoms with Crippen molar-refractivity contribution >= 4 is 27.4 Å². The van der Waals surface area contributed by atoms with Gasteiger partial charge < -0.3 is 4.90 Å². The molecule has 0 atom stereocenters. The second-order valence-corrected chi connectivity index (χ2v) is 6.40. The quantitative estimate of drug-likeness (QED) is 0.891. The maximum Gasteiger partial charge on any atom is 0.263 e. The van der Waals surface area contributed by atoms with E-state index in [9.17, 15) is 13.2 Å². The van der Waals surface area contributed by atoms with Crippen molar-refractivity contribution in [3.8, 4) is 0 Å². The van der Waals surface area contributed by atoms with Gasteiger partial charge in [0.05, 0.1) is 11.1 Å². The molecule has 2 aromatic rings. The lowest BCUT2D eigenvalue weighted by molar-refractivity contribution is -0.117. The number of aromatic nitrogens is 2. The molecular formula is C13H14N4O3S. The number of nitrogens with one attached hydrogen (secondary N) is 2. The molecule has 0 aliphatic carbocycles. The molecule has 1 fully saturated rings. The van der Waals surface area contributed by atoms with Gasteiger partial charge in [-0.15, -0.1) is 0 Å². The molecule has 2 heterocycles. The molecule has 1 amide bonds. The lowest BCUT2D eigenvalue weighted by Gasteiger charge is -2.16. The van der Waals surface area contributed by atoms with Gasteiger partial charge in [0.1, 0.15) is 5.82 Å². The van der Waals surface area contributed by atoms with Gasteiger partial charge in [-0.3, -0.25) is 14.6 Å². The molecule has 1 saturated heterocycles. The van der Waals surface area contributed by atoms with Crippen molar-refractivity contribution in [2.45, 2.75) is 17.7 Å². The van der Waals surface area contributed by atoms with Crippen LogP contribution in [-0.4, -0.2) is 31.1 Å². The van der Waals surface area contributed by atoms with Crippen LogP contribution in [0.1, 0.15) is 12.8 Å². The number of benzene rings is 1. The highest BCUT2D eigenvalue weighted by Crippen LogP contribution is 2.23. The van der Waals surface area contributed by atoms with Crippen LogP contribution in [0.4, 0.5) is 11.5 Å². The van der Waals surface area contributed by atoms with E-state index in [2.05, 4.69) is 14.9 Å². The number of anilines is 2. The molecule has 7 nitrogen and oxygen atoms in total. The summed E-state index contributed by atoms with van der Waals surface area (Å²) in [6.45, 7) is 0.678. The van der Waals surface area contributed by atoms with Crippen LogP contribution in [0.25, 0.3) is 0 Å². The second kappa shape index (κ2) is 5.21. The third kappa shape index (κ3) is 2.75. The smallest absolute Gasteiger partial charge is 0.263 e. The second-order valence-electron chi connectivity index (χ2n) is 4.72. The molecule has 1 aromatic heterocycles. The number of carbonyl (C=O) groups excluding carboxylic acids is 1. The first kappa shape index (κ1) is 13.6. The first-order valence-electron chi connectivity index (χ1n) is 6.49. The molecule has 0 unspecified atom stereocenters. The van der Waals surface area contributed by atoms with Crippen molar-refractivity contribution in [2.75, 3.05) is 16.2 Å². The fourth-order valence-corrected chi connectivity index (χ4v) is 3.26. The number of hydrogen-bond acceptors (Lipinski definition) is 4. The molecule has 1 aliphatic rings. The average Bonchev–Trinajstić information content (AvgIpc) is 3.10. The first-order chi connectivity index (χ1) is 10.1. The number of rotatable bonds is 4. The molecule has 0 radical (unpaired) electrons. The Morgan fingerprint density at radius 1 is 1.19 bits per heavy atom. The molecule has 1 aliphatic heterocycles. The lowest BCUT2D eigenvalue weighted by atomic mass is 10.3. The number of H-pyrrole nitrogens is 1. The van der Waals surface area contributed by atoms with E-state index >= 15 is 0 Å². The maximum absolute atomic E-state index is 12.2. The van der Waals surface area contributed by atoms with Crippen LogP contribution in [-0.2, 0) is 14.8 Å². The molecular weight excluding hydrogens is 292 g/mol. The third-order valence-corrected chi connectivity index (χ3v) is 4.66. The standard InChI is InChI=1S/C13H14N4O3S/c18-13-2-1-9-17(13)10-3-5-11(6-4-10)21(19,20)16-12-7-8-14-15-12/h3-8H,1-2,9H2,(H2,14,15,16). The molecule has 0 bridgehead atoms. The van der Waals surface area contributed by atoms with Crippen molar-refractivity contribution < 1.29 is 13.2 Å². The summed E-state index contributed by atoms with van der Waals surface area (Å²) in [7, 11) is -3.66. The number of sulfonamides is 1. The average molecular weight is 306 g/mol. The largest absolute Gasteiger partial charge is 0.312 e. The van der Waals surface area contributed by atoms with Gasteiger partial charge in [-0.05, 0) is 30.7 Å². The van der Waals surface area contributed by atoms with E-state index in [-0.39, 0.29) is 10.8 Å². The van der Waals surface area contributed by atoms with E-state index in [0.717, 1.165) is 12.1 Å². The Morgan fingerprint density at radius 2 is 1.95 bits per heavy atom. The lowest BCUT2D eigenvalue weighted by Crippen LogP contribution is -2.23. The molecule has 2 N–H and O–H groups in total. The van der Waals surface area contributed by atoms with E-state index in [0.29, 0.717) is 18.8 Å². The summed E-state index contributed by atoms with van der Waals surface area (Å²) in [5.74, 6) is 0.370. The van der Waals surface area contributed by atoms with Crippen molar-refractivity contribution in [3.05, 3.63) is 36.5 Å². The van der Waals surface area contributed by atoms with E-state index < -0.39 is 10.0 Å². The summed E-state index contributed by atoms with van der Waals surface area (Å²) in [5, 5.41) is 6.21. The monoisotopic (exact) mass is 306 g/mol. The van der Waals surface area contributed by atoms with Crippen LogP contribution in [0.3, 0.4) is 0 Å². The summed E-state index contributed by atoms with van der Waals surface area (Å²) < 4.78 is 26.7. The molecule has 21 heavy (non-hydrogen) atoms. The topological polar surface area (TPSA) is 95.2 Å². The maximum atomic E-state index is 12.2. The fourth-order valence-electron chi connectivity index (χ4n) is 2.24. The highest BCUT2D eigenvalue weighted by atomic mass is 32.2. The van der Waals surface area contributed by atoms with Gasteiger partial charge >= 0.3 is 0 Å². The third-order valence-electron chi connectivity index (χ3n) is 3.28. The predicted octanol–water partition coefficient (Wildman–Crippen LogP) is 1.34.